The molecule has 4 heteroatoms. The lowest BCUT2D eigenvalue weighted by molar-refractivity contribution is 0.101. The summed E-state index contributed by atoms with van der Waals surface area (Å²) in [6.45, 7) is 3.56. The molecule has 0 unspecified atom stereocenters. The smallest absolute Gasteiger partial charge is 0.178 e. The number of rotatable bonds is 3. The highest BCUT2D eigenvalue weighted by atomic mass is 16.1. The zero-order valence-electron chi connectivity index (χ0n) is 9.34. The number of aromatic nitrogens is 3. The van der Waals surface area contributed by atoms with Gasteiger partial charge in [-0.3, -0.25) is 9.78 Å². The molecule has 2 heterocycles. The Morgan fingerprint density at radius 3 is 2.75 bits per heavy atom. The van der Waals surface area contributed by atoms with Crippen molar-refractivity contribution in [1.82, 2.24) is 14.5 Å². The van der Waals surface area contributed by atoms with Crippen LogP contribution in [0.2, 0.25) is 0 Å². The van der Waals surface area contributed by atoms with E-state index >= 15 is 0 Å². The van der Waals surface area contributed by atoms with Gasteiger partial charge in [0.15, 0.2) is 5.78 Å². The largest absolute Gasteiger partial charge is 0.302 e. The number of pyridine rings is 1. The van der Waals surface area contributed by atoms with Gasteiger partial charge in [0.1, 0.15) is 11.5 Å². The molecule has 2 aromatic rings. The summed E-state index contributed by atoms with van der Waals surface area (Å²) in [6.07, 6.45) is 6.21. The zero-order chi connectivity index (χ0) is 11.5. The van der Waals surface area contributed by atoms with Gasteiger partial charge < -0.3 is 4.57 Å². The molecule has 16 heavy (non-hydrogen) atoms. The van der Waals surface area contributed by atoms with E-state index in [2.05, 4.69) is 16.9 Å². The number of carbonyl (C=O) groups excluding carboxylic acids is 1. The third-order valence-corrected chi connectivity index (χ3v) is 2.42. The number of carbonyl (C=O) groups is 1. The third kappa shape index (κ3) is 1.86. The maximum atomic E-state index is 11.1. The fourth-order valence-corrected chi connectivity index (χ4v) is 1.57. The van der Waals surface area contributed by atoms with Crippen LogP contribution in [-0.2, 0) is 6.42 Å². The second-order valence-electron chi connectivity index (χ2n) is 3.52. The SMILES string of the molecule is CCc1nccn1-c1ccc(C(C)=O)nc1. The summed E-state index contributed by atoms with van der Waals surface area (Å²) in [5, 5.41) is 0. The van der Waals surface area contributed by atoms with Crippen molar-refractivity contribution in [3.63, 3.8) is 0 Å². The van der Waals surface area contributed by atoms with E-state index < -0.39 is 0 Å². The molecule has 2 rings (SSSR count). The second kappa shape index (κ2) is 4.26. The van der Waals surface area contributed by atoms with Crippen LogP contribution in [0, 0.1) is 0 Å². The molecule has 0 fully saturated rings. The van der Waals surface area contributed by atoms with E-state index in [0.29, 0.717) is 5.69 Å². The average Bonchev–Trinajstić information content (AvgIpc) is 2.77. The first-order valence-corrected chi connectivity index (χ1v) is 5.22. The maximum absolute atomic E-state index is 11.1. The Balaban J connectivity index is 2.38. The van der Waals surface area contributed by atoms with E-state index in [1.165, 1.54) is 6.92 Å². The van der Waals surface area contributed by atoms with Gasteiger partial charge in [-0.2, -0.15) is 0 Å². The van der Waals surface area contributed by atoms with Crippen LogP contribution >= 0.6 is 0 Å². The summed E-state index contributed by atoms with van der Waals surface area (Å²) in [5.41, 5.74) is 1.42. The Labute approximate surface area is 94.0 Å². The van der Waals surface area contributed by atoms with E-state index in [1.54, 1.807) is 18.5 Å². The van der Waals surface area contributed by atoms with Crippen molar-refractivity contribution in [2.24, 2.45) is 0 Å². The van der Waals surface area contributed by atoms with Crippen LogP contribution in [0.4, 0.5) is 0 Å². The topological polar surface area (TPSA) is 47.8 Å². The van der Waals surface area contributed by atoms with Crippen LogP contribution in [0.15, 0.2) is 30.7 Å². The predicted molar refractivity (Wildman–Crippen MR) is 60.7 cm³/mol. The highest BCUT2D eigenvalue weighted by molar-refractivity contribution is 5.92. The molecule has 0 bridgehead atoms. The Morgan fingerprint density at radius 1 is 1.38 bits per heavy atom. The minimum Gasteiger partial charge on any atom is -0.302 e. The lowest BCUT2D eigenvalue weighted by Crippen LogP contribution is -2.02. The molecule has 0 aromatic carbocycles. The average molecular weight is 215 g/mol. The fraction of sp³-hybridized carbons (Fsp3) is 0.250. The minimum atomic E-state index is -0.0205. The molecular weight excluding hydrogens is 202 g/mol. The number of nitrogens with zero attached hydrogens (tertiary/aromatic N) is 3. The molecule has 0 aliphatic carbocycles. The zero-order valence-corrected chi connectivity index (χ0v) is 9.34. The van der Waals surface area contributed by atoms with Gasteiger partial charge >= 0.3 is 0 Å². The molecule has 0 atom stereocenters. The Hall–Kier alpha value is -1.97. The molecular formula is C12H13N3O. The molecule has 0 aliphatic rings. The molecule has 2 aromatic heterocycles. The van der Waals surface area contributed by atoms with E-state index in [0.717, 1.165) is 17.9 Å². The summed E-state index contributed by atoms with van der Waals surface area (Å²) in [5.74, 6) is 0.963. The van der Waals surface area contributed by atoms with Gasteiger partial charge in [-0.25, -0.2) is 4.98 Å². The number of imidazole rings is 1. The van der Waals surface area contributed by atoms with Crippen molar-refractivity contribution in [2.45, 2.75) is 20.3 Å². The van der Waals surface area contributed by atoms with Gasteiger partial charge in [0.05, 0.1) is 11.9 Å². The van der Waals surface area contributed by atoms with Crippen LogP contribution in [0.1, 0.15) is 30.2 Å². The molecule has 4 nitrogen and oxygen atoms in total. The Morgan fingerprint density at radius 2 is 2.19 bits per heavy atom. The number of aryl methyl sites for hydroxylation is 1. The van der Waals surface area contributed by atoms with Crippen molar-refractivity contribution >= 4 is 5.78 Å². The summed E-state index contributed by atoms with van der Waals surface area (Å²) in [6, 6.07) is 3.61. The van der Waals surface area contributed by atoms with Crippen LogP contribution in [-0.4, -0.2) is 20.3 Å². The van der Waals surface area contributed by atoms with Crippen molar-refractivity contribution in [3.05, 3.63) is 42.2 Å². The molecule has 0 saturated carbocycles. The van der Waals surface area contributed by atoms with Gasteiger partial charge in [-0.05, 0) is 12.1 Å². The Bertz CT molecular complexity index is 499. The molecule has 0 aliphatic heterocycles. The lowest BCUT2D eigenvalue weighted by atomic mass is 10.2. The predicted octanol–water partition coefficient (Wildman–Crippen LogP) is 2.03. The van der Waals surface area contributed by atoms with Crippen LogP contribution in [0.25, 0.3) is 5.69 Å². The number of ketones is 1. The Kier molecular flexibility index (Phi) is 2.81. The molecule has 0 radical (unpaired) electrons. The van der Waals surface area contributed by atoms with Gasteiger partial charge in [-0.1, -0.05) is 6.92 Å². The van der Waals surface area contributed by atoms with Crippen molar-refractivity contribution in [1.29, 1.82) is 0 Å². The van der Waals surface area contributed by atoms with E-state index in [9.17, 15) is 4.79 Å². The highest BCUT2D eigenvalue weighted by Crippen LogP contribution is 2.10. The van der Waals surface area contributed by atoms with E-state index in [1.807, 2.05) is 16.8 Å². The molecule has 82 valence electrons. The minimum absolute atomic E-state index is 0.0205. The van der Waals surface area contributed by atoms with Crippen molar-refractivity contribution in [3.8, 4) is 5.69 Å². The first kappa shape index (κ1) is 10.5. The molecule has 0 spiro atoms. The molecule has 0 saturated heterocycles. The van der Waals surface area contributed by atoms with Crippen molar-refractivity contribution < 1.29 is 4.79 Å². The standard InChI is InChI=1S/C12H13N3O/c1-3-12-13-6-7-15(12)10-4-5-11(9(2)16)14-8-10/h4-8H,3H2,1-2H3. The van der Waals surface area contributed by atoms with Crippen LogP contribution in [0.5, 0.6) is 0 Å². The van der Waals surface area contributed by atoms with Gasteiger partial charge in [0.25, 0.3) is 0 Å². The first-order valence-electron chi connectivity index (χ1n) is 5.22. The maximum Gasteiger partial charge on any atom is 0.178 e. The van der Waals surface area contributed by atoms with Crippen molar-refractivity contribution in [2.75, 3.05) is 0 Å². The summed E-state index contributed by atoms with van der Waals surface area (Å²) >= 11 is 0. The quantitative estimate of drug-likeness (QED) is 0.736. The third-order valence-electron chi connectivity index (χ3n) is 2.42. The van der Waals surface area contributed by atoms with Gasteiger partial charge in [0.2, 0.25) is 0 Å². The molecule has 0 amide bonds. The number of hydrogen-bond donors (Lipinski definition) is 0. The normalized spacial score (nSPS) is 10.4. The number of Topliss-reactive ketones (excluding diaryl/α,β-unsaturated/α-hetero) is 1. The monoisotopic (exact) mass is 215 g/mol. The summed E-state index contributed by atoms with van der Waals surface area (Å²) in [7, 11) is 0. The van der Waals surface area contributed by atoms with Gasteiger partial charge in [-0.15, -0.1) is 0 Å². The van der Waals surface area contributed by atoms with E-state index in [4.69, 9.17) is 0 Å². The number of hydrogen-bond acceptors (Lipinski definition) is 3. The highest BCUT2D eigenvalue weighted by Gasteiger charge is 2.04. The second-order valence-corrected chi connectivity index (χ2v) is 3.52. The lowest BCUT2D eigenvalue weighted by Gasteiger charge is -2.05. The van der Waals surface area contributed by atoms with Crippen LogP contribution in [0.3, 0.4) is 0 Å². The summed E-state index contributed by atoms with van der Waals surface area (Å²) in [4.78, 5) is 19.4. The van der Waals surface area contributed by atoms with E-state index in [-0.39, 0.29) is 5.78 Å². The fourth-order valence-electron chi connectivity index (χ4n) is 1.57. The van der Waals surface area contributed by atoms with Gasteiger partial charge in [0, 0.05) is 25.7 Å². The molecule has 0 N–H and O–H groups in total. The first-order chi connectivity index (χ1) is 7.72. The summed E-state index contributed by atoms with van der Waals surface area (Å²) < 4.78 is 1.97. The van der Waals surface area contributed by atoms with Crippen LogP contribution < -0.4 is 0 Å².